The van der Waals surface area contributed by atoms with E-state index < -0.39 is 0 Å². The van der Waals surface area contributed by atoms with Gasteiger partial charge in [-0.05, 0) is 43.2 Å². The number of carbonyl (C=O) groups is 1. The summed E-state index contributed by atoms with van der Waals surface area (Å²) in [6.45, 7) is 2.19. The average molecular weight is 269 g/mol. The van der Waals surface area contributed by atoms with Crippen LogP contribution in [0.15, 0.2) is 30.3 Å². The summed E-state index contributed by atoms with van der Waals surface area (Å²) in [4.78, 5) is 20.6. The van der Waals surface area contributed by atoms with E-state index in [1.807, 2.05) is 18.2 Å². The number of aromatic nitrogens is 1. The molecule has 4 heteroatoms. The zero-order chi connectivity index (χ0) is 14.1. The van der Waals surface area contributed by atoms with Gasteiger partial charge >= 0.3 is 0 Å². The van der Waals surface area contributed by atoms with Crippen LogP contribution in [0.1, 0.15) is 23.2 Å². The predicted octanol–water partition coefficient (Wildman–Crippen LogP) is 2.54. The molecule has 0 spiro atoms. The van der Waals surface area contributed by atoms with Crippen molar-refractivity contribution in [2.75, 3.05) is 32.1 Å². The smallest absolute Gasteiger partial charge is 0.253 e. The SMILES string of the molecule is CN(C)C(=O)c1ccc2nc(N3CCCC3)ccc2c1. The van der Waals surface area contributed by atoms with Crippen LogP contribution >= 0.6 is 0 Å². The normalized spacial score (nSPS) is 14.8. The van der Waals surface area contributed by atoms with Crippen LogP contribution in [0.3, 0.4) is 0 Å². The number of benzene rings is 1. The van der Waals surface area contributed by atoms with Crippen molar-refractivity contribution in [1.29, 1.82) is 0 Å². The summed E-state index contributed by atoms with van der Waals surface area (Å²) in [6.07, 6.45) is 2.49. The van der Waals surface area contributed by atoms with Gasteiger partial charge in [0, 0.05) is 38.1 Å². The fourth-order valence-electron chi connectivity index (χ4n) is 2.63. The minimum atomic E-state index is 0.0236. The molecule has 1 saturated heterocycles. The van der Waals surface area contributed by atoms with E-state index >= 15 is 0 Å². The van der Waals surface area contributed by atoms with E-state index in [0.29, 0.717) is 5.56 Å². The Morgan fingerprint density at radius 2 is 1.90 bits per heavy atom. The van der Waals surface area contributed by atoms with E-state index in [4.69, 9.17) is 4.98 Å². The van der Waals surface area contributed by atoms with Crippen molar-refractivity contribution in [3.05, 3.63) is 35.9 Å². The molecule has 1 amide bonds. The maximum atomic E-state index is 12.0. The van der Waals surface area contributed by atoms with Crippen LogP contribution in [0.25, 0.3) is 10.9 Å². The summed E-state index contributed by atoms with van der Waals surface area (Å²) < 4.78 is 0. The average Bonchev–Trinajstić information content (AvgIpc) is 2.99. The first kappa shape index (κ1) is 12.9. The third-order valence-electron chi connectivity index (χ3n) is 3.76. The molecule has 0 N–H and O–H groups in total. The van der Waals surface area contributed by atoms with Crippen LogP contribution in [0, 0.1) is 0 Å². The van der Waals surface area contributed by atoms with Gasteiger partial charge in [0.1, 0.15) is 5.82 Å². The summed E-state index contributed by atoms with van der Waals surface area (Å²) >= 11 is 0. The molecule has 0 radical (unpaired) electrons. The molecule has 2 aromatic rings. The lowest BCUT2D eigenvalue weighted by atomic mass is 10.1. The van der Waals surface area contributed by atoms with Gasteiger partial charge in [-0.15, -0.1) is 0 Å². The zero-order valence-corrected chi connectivity index (χ0v) is 12.0. The highest BCUT2D eigenvalue weighted by atomic mass is 16.2. The lowest BCUT2D eigenvalue weighted by molar-refractivity contribution is 0.0828. The zero-order valence-electron chi connectivity index (χ0n) is 12.0. The molecule has 1 fully saturated rings. The second-order valence-electron chi connectivity index (χ2n) is 5.47. The Bertz CT molecular complexity index is 645. The quantitative estimate of drug-likeness (QED) is 0.840. The minimum absolute atomic E-state index is 0.0236. The van der Waals surface area contributed by atoms with Gasteiger partial charge in [0.15, 0.2) is 0 Å². The monoisotopic (exact) mass is 269 g/mol. The molecule has 0 saturated carbocycles. The molecule has 0 aliphatic carbocycles. The van der Waals surface area contributed by atoms with E-state index in [1.54, 1.807) is 19.0 Å². The third-order valence-corrected chi connectivity index (χ3v) is 3.76. The molecular formula is C16H19N3O. The van der Waals surface area contributed by atoms with Crippen LogP contribution < -0.4 is 4.90 Å². The number of carbonyl (C=O) groups excluding carboxylic acids is 1. The second-order valence-corrected chi connectivity index (χ2v) is 5.47. The molecule has 1 aromatic carbocycles. The highest BCUT2D eigenvalue weighted by Gasteiger charge is 2.14. The number of amides is 1. The van der Waals surface area contributed by atoms with E-state index in [1.165, 1.54) is 12.8 Å². The first-order valence-corrected chi connectivity index (χ1v) is 7.02. The molecule has 0 unspecified atom stereocenters. The standard InChI is InChI=1S/C16H19N3O/c1-18(2)16(20)13-5-7-14-12(11-13)6-8-15(17-14)19-9-3-4-10-19/h5-8,11H,3-4,9-10H2,1-2H3. The Balaban J connectivity index is 1.96. The van der Waals surface area contributed by atoms with Crippen molar-refractivity contribution in [1.82, 2.24) is 9.88 Å². The topological polar surface area (TPSA) is 36.4 Å². The summed E-state index contributed by atoms with van der Waals surface area (Å²) in [5.41, 5.74) is 1.66. The lowest BCUT2D eigenvalue weighted by Crippen LogP contribution is -2.21. The fourth-order valence-corrected chi connectivity index (χ4v) is 2.63. The Labute approximate surface area is 119 Å². The number of fused-ring (bicyclic) bond motifs is 1. The molecular weight excluding hydrogens is 250 g/mol. The minimum Gasteiger partial charge on any atom is -0.357 e. The van der Waals surface area contributed by atoms with E-state index in [0.717, 1.165) is 29.8 Å². The number of hydrogen-bond donors (Lipinski definition) is 0. The fraction of sp³-hybridized carbons (Fsp3) is 0.375. The van der Waals surface area contributed by atoms with Crippen LogP contribution in [0.5, 0.6) is 0 Å². The molecule has 1 aliphatic heterocycles. The molecule has 0 bridgehead atoms. The molecule has 1 aliphatic rings. The Kier molecular flexibility index (Phi) is 3.30. The van der Waals surface area contributed by atoms with Gasteiger partial charge in [-0.1, -0.05) is 0 Å². The van der Waals surface area contributed by atoms with Crippen molar-refractivity contribution < 1.29 is 4.79 Å². The maximum Gasteiger partial charge on any atom is 0.253 e. The summed E-state index contributed by atoms with van der Waals surface area (Å²) in [6, 6.07) is 9.81. The molecule has 4 nitrogen and oxygen atoms in total. The Morgan fingerprint density at radius 3 is 2.60 bits per heavy atom. The highest BCUT2D eigenvalue weighted by Crippen LogP contribution is 2.22. The van der Waals surface area contributed by atoms with E-state index in [9.17, 15) is 4.79 Å². The van der Waals surface area contributed by atoms with Crippen molar-refractivity contribution in [2.24, 2.45) is 0 Å². The van der Waals surface area contributed by atoms with Gasteiger partial charge in [-0.3, -0.25) is 4.79 Å². The van der Waals surface area contributed by atoms with Crippen molar-refractivity contribution in [3.8, 4) is 0 Å². The van der Waals surface area contributed by atoms with Crippen molar-refractivity contribution in [2.45, 2.75) is 12.8 Å². The highest BCUT2D eigenvalue weighted by molar-refractivity contribution is 5.97. The van der Waals surface area contributed by atoms with Crippen LogP contribution in [0.4, 0.5) is 5.82 Å². The van der Waals surface area contributed by atoms with E-state index in [-0.39, 0.29) is 5.91 Å². The van der Waals surface area contributed by atoms with Gasteiger partial charge in [0.25, 0.3) is 5.91 Å². The van der Waals surface area contributed by atoms with Crippen molar-refractivity contribution in [3.63, 3.8) is 0 Å². The number of pyridine rings is 1. The Morgan fingerprint density at radius 1 is 1.15 bits per heavy atom. The first-order chi connectivity index (χ1) is 9.65. The van der Waals surface area contributed by atoms with Crippen LogP contribution in [-0.2, 0) is 0 Å². The molecule has 20 heavy (non-hydrogen) atoms. The van der Waals surface area contributed by atoms with Crippen LogP contribution in [0.2, 0.25) is 0 Å². The second kappa shape index (κ2) is 5.12. The Hall–Kier alpha value is -2.10. The molecule has 2 heterocycles. The van der Waals surface area contributed by atoms with Gasteiger partial charge in [0.2, 0.25) is 0 Å². The molecule has 1 aromatic heterocycles. The number of hydrogen-bond acceptors (Lipinski definition) is 3. The number of rotatable bonds is 2. The van der Waals surface area contributed by atoms with E-state index in [2.05, 4.69) is 17.0 Å². The van der Waals surface area contributed by atoms with Crippen molar-refractivity contribution >= 4 is 22.6 Å². The molecule has 0 atom stereocenters. The maximum absolute atomic E-state index is 12.0. The number of nitrogens with zero attached hydrogens (tertiary/aromatic N) is 3. The summed E-state index contributed by atoms with van der Waals surface area (Å²) in [7, 11) is 3.53. The van der Waals surface area contributed by atoms with Gasteiger partial charge < -0.3 is 9.80 Å². The van der Waals surface area contributed by atoms with Gasteiger partial charge in [0.05, 0.1) is 5.52 Å². The van der Waals surface area contributed by atoms with Gasteiger partial charge in [-0.25, -0.2) is 4.98 Å². The third kappa shape index (κ3) is 2.33. The first-order valence-electron chi connectivity index (χ1n) is 7.02. The summed E-state index contributed by atoms with van der Waals surface area (Å²) in [5.74, 6) is 1.07. The summed E-state index contributed by atoms with van der Waals surface area (Å²) in [5, 5.41) is 1.01. The van der Waals surface area contributed by atoms with Gasteiger partial charge in [-0.2, -0.15) is 0 Å². The van der Waals surface area contributed by atoms with Crippen LogP contribution in [-0.4, -0.2) is 43.0 Å². The number of anilines is 1. The molecule has 3 rings (SSSR count). The largest absolute Gasteiger partial charge is 0.357 e. The molecule has 104 valence electrons. The lowest BCUT2D eigenvalue weighted by Gasteiger charge is -2.17. The predicted molar refractivity (Wildman–Crippen MR) is 81.2 cm³/mol.